The number of nitrogens with one attached hydrogen (secondary N) is 1. The minimum absolute atomic E-state index is 0.765. The monoisotopic (exact) mass is 275 g/mol. The van der Waals surface area contributed by atoms with Crippen molar-refractivity contribution in [3.63, 3.8) is 0 Å². The molecule has 0 saturated heterocycles. The zero-order chi connectivity index (χ0) is 14.2. The molecule has 1 N–H and O–H groups in total. The van der Waals surface area contributed by atoms with Gasteiger partial charge in [-0.1, -0.05) is 31.4 Å². The SMILES string of the molecule is CNC1CCCC(CCCc2ccc(OC)cc2)CC1. The van der Waals surface area contributed by atoms with Gasteiger partial charge in [0.15, 0.2) is 0 Å². The van der Waals surface area contributed by atoms with Crippen molar-refractivity contribution in [1.29, 1.82) is 0 Å². The zero-order valence-corrected chi connectivity index (χ0v) is 13.0. The number of rotatable bonds is 6. The molecule has 0 bridgehead atoms. The molecule has 1 aliphatic rings. The van der Waals surface area contributed by atoms with Crippen LogP contribution >= 0.6 is 0 Å². The van der Waals surface area contributed by atoms with Gasteiger partial charge >= 0.3 is 0 Å². The molecule has 0 amide bonds. The minimum atomic E-state index is 0.765. The summed E-state index contributed by atoms with van der Waals surface area (Å²) in [4.78, 5) is 0. The Bertz CT molecular complexity index is 374. The molecule has 0 spiro atoms. The second-order valence-corrected chi connectivity index (χ2v) is 6.10. The maximum Gasteiger partial charge on any atom is 0.118 e. The number of ether oxygens (including phenoxy) is 1. The van der Waals surface area contributed by atoms with E-state index < -0.39 is 0 Å². The molecule has 0 aliphatic heterocycles. The highest BCUT2D eigenvalue weighted by atomic mass is 16.5. The zero-order valence-electron chi connectivity index (χ0n) is 13.0. The van der Waals surface area contributed by atoms with Crippen LogP contribution in [0.25, 0.3) is 0 Å². The van der Waals surface area contributed by atoms with Crippen LogP contribution in [-0.2, 0) is 6.42 Å². The van der Waals surface area contributed by atoms with Gasteiger partial charge in [-0.15, -0.1) is 0 Å². The first-order valence-electron chi connectivity index (χ1n) is 8.12. The van der Waals surface area contributed by atoms with Crippen molar-refractivity contribution in [3.05, 3.63) is 29.8 Å². The summed E-state index contributed by atoms with van der Waals surface area (Å²) >= 11 is 0. The quantitative estimate of drug-likeness (QED) is 0.786. The van der Waals surface area contributed by atoms with Gasteiger partial charge in [0.25, 0.3) is 0 Å². The van der Waals surface area contributed by atoms with Gasteiger partial charge in [0.05, 0.1) is 7.11 Å². The van der Waals surface area contributed by atoms with E-state index in [1.54, 1.807) is 7.11 Å². The third kappa shape index (κ3) is 4.82. The minimum Gasteiger partial charge on any atom is -0.497 e. The van der Waals surface area contributed by atoms with Crippen molar-refractivity contribution < 1.29 is 4.74 Å². The van der Waals surface area contributed by atoms with Crippen LogP contribution in [0.2, 0.25) is 0 Å². The molecule has 0 heterocycles. The van der Waals surface area contributed by atoms with Crippen LogP contribution < -0.4 is 10.1 Å². The molecular weight excluding hydrogens is 246 g/mol. The van der Waals surface area contributed by atoms with Crippen LogP contribution in [0, 0.1) is 5.92 Å². The summed E-state index contributed by atoms with van der Waals surface area (Å²) in [5.41, 5.74) is 1.44. The molecule has 1 fully saturated rings. The van der Waals surface area contributed by atoms with Crippen LogP contribution in [0.4, 0.5) is 0 Å². The Morgan fingerprint density at radius 1 is 1.10 bits per heavy atom. The average molecular weight is 275 g/mol. The van der Waals surface area contributed by atoms with E-state index in [1.165, 1.54) is 56.9 Å². The fourth-order valence-corrected chi connectivity index (χ4v) is 3.34. The predicted molar refractivity (Wildman–Crippen MR) is 85.4 cm³/mol. The van der Waals surface area contributed by atoms with Gasteiger partial charge in [0, 0.05) is 6.04 Å². The highest BCUT2D eigenvalue weighted by Crippen LogP contribution is 2.27. The largest absolute Gasteiger partial charge is 0.497 e. The summed E-state index contributed by atoms with van der Waals surface area (Å²) in [6.45, 7) is 0. The molecule has 0 radical (unpaired) electrons. The van der Waals surface area contributed by atoms with Crippen LogP contribution in [-0.4, -0.2) is 20.2 Å². The molecular formula is C18H29NO. The number of hydrogen-bond donors (Lipinski definition) is 1. The van der Waals surface area contributed by atoms with E-state index in [2.05, 4.69) is 36.6 Å². The van der Waals surface area contributed by atoms with E-state index in [4.69, 9.17) is 4.74 Å². The van der Waals surface area contributed by atoms with Crippen LogP contribution in [0.1, 0.15) is 50.5 Å². The third-order valence-corrected chi connectivity index (χ3v) is 4.73. The van der Waals surface area contributed by atoms with E-state index in [0.717, 1.165) is 17.7 Å². The number of methoxy groups -OCH3 is 1. The van der Waals surface area contributed by atoms with Crippen molar-refractivity contribution in [1.82, 2.24) is 5.32 Å². The summed E-state index contributed by atoms with van der Waals surface area (Å²) in [6, 6.07) is 9.30. The molecule has 2 atom stereocenters. The van der Waals surface area contributed by atoms with Gasteiger partial charge in [-0.25, -0.2) is 0 Å². The summed E-state index contributed by atoms with van der Waals surface area (Å²) in [5.74, 6) is 1.90. The van der Waals surface area contributed by atoms with E-state index in [9.17, 15) is 0 Å². The van der Waals surface area contributed by atoms with Crippen LogP contribution in [0.5, 0.6) is 5.75 Å². The lowest BCUT2D eigenvalue weighted by atomic mass is 9.93. The maximum absolute atomic E-state index is 5.20. The highest BCUT2D eigenvalue weighted by molar-refractivity contribution is 5.27. The molecule has 2 rings (SSSR count). The lowest BCUT2D eigenvalue weighted by Gasteiger charge is -2.14. The third-order valence-electron chi connectivity index (χ3n) is 4.73. The van der Waals surface area contributed by atoms with Crippen molar-refractivity contribution in [2.24, 2.45) is 5.92 Å². The van der Waals surface area contributed by atoms with Crippen LogP contribution in [0.3, 0.4) is 0 Å². The van der Waals surface area contributed by atoms with Gasteiger partial charge in [-0.3, -0.25) is 0 Å². The van der Waals surface area contributed by atoms with Crippen molar-refractivity contribution in [2.75, 3.05) is 14.2 Å². The van der Waals surface area contributed by atoms with Crippen molar-refractivity contribution in [3.8, 4) is 5.75 Å². The normalized spacial score (nSPS) is 23.3. The molecule has 2 unspecified atom stereocenters. The first-order chi connectivity index (χ1) is 9.81. The Hall–Kier alpha value is -1.02. The van der Waals surface area contributed by atoms with E-state index >= 15 is 0 Å². The lowest BCUT2D eigenvalue weighted by molar-refractivity contribution is 0.408. The van der Waals surface area contributed by atoms with Crippen molar-refractivity contribution >= 4 is 0 Å². The van der Waals surface area contributed by atoms with Crippen LogP contribution in [0.15, 0.2) is 24.3 Å². The Morgan fingerprint density at radius 2 is 1.90 bits per heavy atom. The maximum atomic E-state index is 5.20. The van der Waals surface area contributed by atoms with E-state index in [1.807, 2.05) is 0 Å². The summed E-state index contributed by atoms with van der Waals surface area (Å²) < 4.78 is 5.20. The smallest absolute Gasteiger partial charge is 0.118 e. The molecule has 20 heavy (non-hydrogen) atoms. The van der Waals surface area contributed by atoms with Gasteiger partial charge in [0.2, 0.25) is 0 Å². The molecule has 112 valence electrons. The second kappa shape index (κ2) is 8.31. The van der Waals surface area contributed by atoms with Crippen molar-refractivity contribution in [2.45, 2.75) is 57.4 Å². The first kappa shape index (κ1) is 15.4. The van der Waals surface area contributed by atoms with Gasteiger partial charge in [-0.2, -0.15) is 0 Å². The fourth-order valence-electron chi connectivity index (χ4n) is 3.34. The Balaban J connectivity index is 1.69. The summed E-state index contributed by atoms with van der Waals surface area (Å²) in [7, 11) is 3.83. The van der Waals surface area contributed by atoms with E-state index in [0.29, 0.717) is 0 Å². The van der Waals surface area contributed by atoms with Gasteiger partial charge in [0.1, 0.15) is 5.75 Å². The first-order valence-corrected chi connectivity index (χ1v) is 8.12. The predicted octanol–water partition coefficient (Wildman–Crippen LogP) is 4.19. The molecule has 2 heteroatoms. The topological polar surface area (TPSA) is 21.3 Å². The molecule has 0 aromatic heterocycles. The number of benzene rings is 1. The van der Waals surface area contributed by atoms with Gasteiger partial charge in [-0.05, 0) is 62.8 Å². The van der Waals surface area contributed by atoms with E-state index in [-0.39, 0.29) is 0 Å². The molecule has 1 aromatic rings. The number of hydrogen-bond acceptors (Lipinski definition) is 2. The summed E-state index contributed by atoms with van der Waals surface area (Å²) in [5, 5.41) is 3.45. The highest BCUT2D eigenvalue weighted by Gasteiger charge is 2.17. The molecule has 1 aliphatic carbocycles. The Kier molecular flexibility index (Phi) is 6.38. The Morgan fingerprint density at radius 3 is 2.60 bits per heavy atom. The fraction of sp³-hybridized carbons (Fsp3) is 0.667. The summed E-state index contributed by atoms with van der Waals surface area (Å²) in [6.07, 6.45) is 10.9. The average Bonchev–Trinajstić information content (AvgIpc) is 2.73. The van der Waals surface area contributed by atoms with Gasteiger partial charge < -0.3 is 10.1 Å². The second-order valence-electron chi connectivity index (χ2n) is 6.10. The standard InChI is InChI=1S/C18H29NO/c1-19-17-8-4-7-15(9-12-17)5-3-6-16-10-13-18(20-2)14-11-16/h10-11,13-15,17,19H,3-9,12H2,1-2H3. The number of aryl methyl sites for hydroxylation is 1. The molecule has 2 nitrogen and oxygen atoms in total. The Labute approximate surface area is 123 Å². The molecule has 1 saturated carbocycles. The lowest BCUT2D eigenvalue weighted by Crippen LogP contribution is -2.23. The molecule has 1 aromatic carbocycles.